The number of rotatable bonds is 5. The highest BCUT2D eigenvalue weighted by atomic mass is 127. The van der Waals surface area contributed by atoms with E-state index in [9.17, 15) is 26.4 Å². The summed E-state index contributed by atoms with van der Waals surface area (Å²) >= 11 is 4.79. The third-order valence-electron chi connectivity index (χ3n) is 4.98. The van der Waals surface area contributed by atoms with Crippen LogP contribution in [-0.4, -0.2) is 58.9 Å². The lowest BCUT2D eigenvalue weighted by Gasteiger charge is -2.45. The van der Waals surface area contributed by atoms with Crippen molar-refractivity contribution in [2.24, 2.45) is 0 Å². The van der Waals surface area contributed by atoms with Gasteiger partial charge in [-0.05, 0) is 32.9 Å². The summed E-state index contributed by atoms with van der Waals surface area (Å²) in [7, 11) is -8.08. The first-order valence-electron chi connectivity index (χ1n) is 8.22. The second kappa shape index (κ2) is 7.14. The van der Waals surface area contributed by atoms with Gasteiger partial charge in [-0.2, -0.15) is 8.42 Å². The fraction of sp³-hybridized carbons (Fsp3) is 0.500. The number of fused-ring (bicyclic) bond motifs is 1. The number of carbonyl (C=O) groups excluding carboxylic acids is 2. The third-order valence-corrected chi connectivity index (χ3v) is 11.6. The van der Waals surface area contributed by atoms with E-state index in [-0.39, 0.29) is 4.90 Å². The smallest absolute Gasteiger partial charge is 0.332 e. The Kier molecular flexibility index (Phi) is 5.64. The van der Waals surface area contributed by atoms with Crippen LogP contribution in [0, 0.1) is 6.92 Å². The van der Waals surface area contributed by atoms with Crippen LogP contribution in [0.5, 0.6) is 0 Å². The molecule has 29 heavy (non-hydrogen) atoms. The number of benzene rings is 1. The van der Waals surface area contributed by atoms with Crippen LogP contribution >= 0.6 is 38.5 Å². The SMILES string of the molecule is Cc1ccc(S(=O)(=O)OCOC(=O)[C@@H]2N3C(=O)[C@@](Br)(I)[C@H]3S(=O)(=O)C2(C)C)cc1. The van der Waals surface area contributed by atoms with E-state index < -0.39 is 57.1 Å². The Hall–Kier alpha value is -0.770. The number of amides is 1. The number of sulfone groups is 1. The van der Waals surface area contributed by atoms with E-state index in [2.05, 4.69) is 15.9 Å². The van der Waals surface area contributed by atoms with E-state index in [0.29, 0.717) is 0 Å². The summed E-state index contributed by atoms with van der Waals surface area (Å²) in [6.45, 7) is 3.49. The first-order chi connectivity index (χ1) is 13.2. The second-order valence-corrected chi connectivity index (χ2v) is 15.8. The van der Waals surface area contributed by atoms with Gasteiger partial charge < -0.3 is 9.64 Å². The second-order valence-electron chi connectivity index (χ2n) is 7.20. The normalized spacial score (nSPS) is 29.8. The van der Waals surface area contributed by atoms with Crippen LogP contribution < -0.4 is 0 Å². The number of halogens is 2. The summed E-state index contributed by atoms with van der Waals surface area (Å²) in [4.78, 5) is 25.8. The van der Waals surface area contributed by atoms with E-state index >= 15 is 0 Å². The summed E-state index contributed by atoms with van der Waals surface area (Å²) in [5.74, 6) is -1.64. The molecule has 1 amide bonds. The summed E-state index contributed by atoms with van der Waals surface area (Å²) in [6, 6.07) is 4.44. The van der Waals surface area contributed by atoms with Crippen molar-refractivity contribution >= 4 is 70.4 Å². The molecule has 2 fully saturated rings. The molecule has 0 N–H and O–H groups in total. The van der Waals surface area contributed by atoms with Crippen LogP contribution in [0.1, 0.15) is 19.4 Å². The topological polar surface area (TPSA) is 124 Å². The molecule has 0 aromatic heterocycles. The number of nitrogens with zero attached hydrogens (tertiary/aromatic N) is 1. The van der Waals surface area contributed by atoms with Crippen LogP contribution in [0.15, 0.2) is 29.2 Å². The van der Waals surface area contributed by atoms with Gasteiger partial charge in [-0.1, -0.05) is 56.2 Å². The van der Waals surface area contributed by atoms with Gasteiger partial charge in [-0.15, -0.1) is 0 Å². The fourth-order valence-corrected chi connectivity index (χ4v) is 8.89. The molecule has 0 saturated carbocycles. The molecule has 0 radical (unpaired) electrons. The summed E-state index contributed by atoms with van der Waals surface area (Å²) in [5.41, 5.74) is 0.854. The zero-order valence-electron chi connectivity index (χ0n) is 15.5. The van der Waals surface area contributed by atoms with Crippen molar-refractivity contribution < 1.29 is 35.3 Å². The van der Waals surface area contributed by atoms with E-state index in [1.54, 1.807) is 41.6 Å². The number of esters is 1. The molecule has 0 spiro atoms. The fourth-order valence-electron chi connectivity index (χ4n) is 3.26. The van der Waals surface area contributed by atoms with Crippen molar-refractivity contribution in [2.45, 2.75) is 44.2 Å². The lowest BCUT2D eigenvalue weighted by atomic mass is 9.98. The van der Waals surface area contributed by atoms with Gasteiger partial charge >= 0.3 is 5.97 Å². The average Bonchev–Trinajstić information content (AvgIpc) is 2.76. The number of hydrogen-bond acceptors (Lipinski definition) is 8. The van der Waals surface area contributed by atoms with Gasteiger partial charge in [-0.3, -0.25) is 4.79 Å². The van der Waals surface area contributed by atoms with Crippen molar-refractivity contribution in [1.29, 1.82) is 0 Å². The summed E-state index contributed by atoms with van der Waals surface area (Å²) in [5, 5.41) is -1.23. The molecule has 2 aliphatic heterocycles. The standard InChI is InChI=1S/C16H17BrINO8S2/c1-9-4-6-10(7-5-9)29(24,25)27-8-26-12(20)11-15(2,3)28(22,23)14-16(17,18)13(21)19(11)14/h4-7,11,14H,8H2,1-3H3/t11-,14+,16+/m0/s1. The first kappa shape index (κ1) is 22.9. The van der Waals surface area contributed by atoms with E-state index in [1.165, 1.54) is 26.0 Å². The molecular formula is C16H17BrINO8S2. The van der Waals surface area contributed by atoms with E-state index in [4.69, 9.17) is 8.92 Å². The molecular weight excluding hydrogens is 605 g/mol. The Morgan fingerprint density at radius 1 is 1.28 bits per heavy atom. The molecule has 2 aliphatic rings. The quantitative estimate of drug-likeness (QED) is 0.121. The average molecular weight is 622 g/mol. The van der Waals surface area contributed by atoms with Gasteiger partial charge in [0, 0.05) is 0 Å². The van der Waals surface area contributed by atoms with Crippen LogP contribution in [0.25, 0.3) is 0 Å². The Balaban J connectivity index is 1.74. The van der Waals surface area contributed by atoms with Gasteiger partial charge in [0.2, 0.25) is 6.79 Å². The molecule has 3 atom stereocenters. The van der Waals surface area contributed by atoms with Crippen LogP contribution in [0.2, 0.25) is 0 Å². The zero-order chi connectivity index (χ0) is 22.0. The monoisotopic (exact) mass is 621 g/mol. The summed E-state index contributed by atoms with van der Waals surface area (Å²) in [6.07, 6.45) is 0. The van der Waals surface area contributed by atoms with Crippen LogP contribution in [0.4, 0.5) is 0 Å². The molecule has 0 aliphatic carbocycles. The Morgan fingerprint density at radius 3 is 2.38 bits per heavy atom. The lowest BCUT2D eigenvalue weighted by molar-refractivity contribution is -0.165. The summed E-state index contributed by atoms with van der Waals surface area (Å²) < 4.78 is 56.6. The minimum absolute atomic E-state index is 0.116. The highest BCUT2D eigenvalue weighted by molar-refractivity contribution is 14.1. The van der Waals surface area contributed by atoms with Gasteiger partial charge in [0.1, 0.15) is 10.8 Å². The molecule has 1 aromatic carbocycles. The maximum absolute atomic E-state index is 12.8. The third kappa shape index (κ3) is 3.42. The Bertz CT molecular complexity index is 1080. The van der Waals surface area contributed by atoms with E-state index in [1.807, 2.05) is 0 Å². The maximum atomic E-state index is 12.8. The molecule has 2 saturated heterocycles. The molecule has 9 nitrogen and oxygen atoms in total. The van der Waals surface area contributed by atoms with Crippen molar-refractivity contribution in [2.75, 3.05) is 6.79 Å². The molecule has 160 valence electrons. The number of aryl methyl sites for hydroxylation is 1. The van der Waals surface area contributed by atoms with Crippen molar-refractivity contribution in [1.82, 2.24) is 4.90 Å². The molecule has 13 heteroatoms. The number of β-lactam (4-membered cyclic amide) rings is 1. The Labute approximate surface area is 190 Å². The molecule has 0 bridgehead atoms. The predicted octanol–water partition coefficient (Wildman–Crippen LogP) is 1.47. The first-order valence-corrected chi connectivity index (χ1v) is 13.0. The molecule has 2 heterocycles. The van der Waals surface area contributed by atoms with Crippen molar-refractivity contribution in [3.8, 4) is 0 Å². The highest BCUT2D eigenvalue weighted by Gasteiger charge is 2.77. The maximum Gasteiger partial charge on any atom is 0.332 e. The number of alkyl halides is 2. The van der Waals surface area contributed by atoms with Gasteiger partial charge in [-0.25, -0.2) is 17.4 Å². The Morgan fingerprint density at radius 2 is 1.83 bits per heavy atom. The van der Waals surface area contributed by atoms with Gasteiger partial charge in [0.15, 0.2) is 17.5 Å². The largest absolute Gasteiger partial charge is 0.436 e. The molecule has 0 unspecified atom stereocenters. The van der Waals surface area contributed by atoms with Crippen molar-refractivity contribution in [3.63, 3.8) is 0 Å². The number of carbonyl (C=O) groups is 2. The highest BCUT2D eigenvalue weighted by Crippen LogP contribution is 2.57. The number of hydrogen-bond donors (Lipinski definition) is 0. The van der Waals surface area contributed by atoms with Crippen LogP contribution in [0.3, 0.4) is 0 Å². The minimum atomic E-state index is -4.17. The van der Waals surface area contributed by atoms with Gasteiger partial charge in [0.05, 0.1) is 4.90 Å². The van der Waals surface area contributed by atoms with Crippen molar-refractivity contribution in [3.05, 3.63) is 29.8 Å². The lowest BCUT2D eigenvalue weighted by Crippen LogP contribution is -2.69. The minimum Gasteiger partial charge on any atom is -0.436 e. The van der Waals surface area contributed by atoms with Gasteiger partial charge in [0.25, 0.3) is 16.0 Å². The predicted molar refractivity (Wildman–Crippen MR) is 114 cm³/mol. The molecule has 3 rings (SSSR count). The van der Waals surface area contributed by atoms with E-state index in [0.717, 1.165) is 10.5 Å². The van der Waals surface area contributed by atoms with Crippen LogP contribution in [-0.2, 0) is 38.5 Å². The zero-order valence-corrected chi connectivity index (χ0v) is 20.8. The number of ether oxygens (including phenoxy) is 1. The molecule has 1 aromatic rings.